The number of unbranched alkanes of at least 4 members (excludes halogenated alkanes) is 1. The molecule has 168 valence electrons. The van der Waals surface area contributed by atoms with Crippen molar-refractivity contribution in [1.82, 2.24) is 19.4 Å². The van der Waals surface area contributed by atoms with Gasteiger partial charge in [0.15, 0.2) is 0 Å². The van der Waals surface area contributed by atoms with Gasteiger partial charge in [-0.25, -0.2) is 4.98 Å². The lowest BCUT2D eigenvalue weighted by Gasteiger charge is -2.28. The minimum atomic E-state index is 0.930. The number of aromatic amines is 1. The van der Waals surface area contributed by atoms with Crippen molar-refractivity contribution in [3.05, 3.63) is 66.9 Å². The van der Waals surface area contributed by atoms with E-state index < -0.39 is 0 Å². The van der Waals surface area contributed by atoms with Gasteiger partial charge in [-0.2, -0.15) is 0 Å². The molecule has 4 heteroatoms. The molecule has 3 heterocycles. The van der Waals surface area contributed by atoms with Crippen LogP contribution in [0.3, 0.4) is 0 Å². The molecule has 5 aromatic rings. The Labute approximate surface area is 195 Å². The van der Waals surface area contributed by atoms with Crippen molar-refractivity contribution in [2.45, 2.75) is 38.6 Å². The van der Waals surface area contributed by atoms with Crippen LogP contribution < -0.4 is 0 Å². The third kappa shape index (κ3) is 4.04. The first kappa shape index (κ1) is 20.5. The zero-order valence-electron chi connectivity index (χ0n) is 19.4. The zero-order chi connectivity index (χ0) is 22.2. The maximum atomic E-state index is 4.96. The first-order chi connectivity index (χ1) is 16.2. The predicted molar refractivity (Wildman–Crippen MR) is 139 cm³/mol. The number of imidazole rings is 1. The Kier molecular flexibility index (Phi) is 5.39. The number of aromatic nitrogens is 3. The molecule has 0 atom stereocenters. The van der Waals surface area contributed by atoms with Gasteiger partial charge in [0.25, 0.3) is 0 Å². The minimum absolute atomic E-state index is 0.930. The highest BCUT2D eigenvalue weighted by Gasteiger charge is 2.16. The SMILES string of the molecule is CN1CCC(CCCCn2ccc3c(-c4nc5cc6ccccc6cc5[nH]4)cccc32)CC1. The second-order valence-corrected chi connectivity index (χ2v) is 9.79. The average molecular weight is 437 g/mol. The number of hydrogen-bond donors (Lipinski definition) is 1. The third-order valence-electron chi connectivity index (χ3n) is 7.52. The Balaban J connectivity index is 1.21. The van der Waals surface area contributed by atoms with Crippen molar-refractivity contribution in [1.29, 1.82) is 0 Å². The molecule has 0 aliphatic carbocycles. The van der Waals surface area contributed by atoms with Gasteiger partial charge < -0.3 is 14.5 Å². The molecule has 1 saturated heterocycles. The highest BCUT2D eigenvalue weighted by atomic mass is 15.1. The first-order valence-corrected chi connectivity index (χ1v) is 12.4. The maximum absolute atomic E-state index is 4.96. The third-order valence-corrected chi connectivity index (χ3v) is 7.52. The van der Waals surface area contributed by atoms with E-state index in [4.69, 9.17) is 4.98 Å². The van der Waals surface area contributed by atoms with Crippen LogP contribution in [0.1, 0.15) is 32.1 Å². The van der Waals surface area contributed by atoms with Gasteiger partial charge in [0.1, 0.15) is 5.82 Å². The van der Waals surface area contributed by atoms with Gasteiger partial charge in [0.2, 0.25) is 0 Å². The summed E-state index contributed by atoms with van der Waals surface area (Å²) in [6.45, 7) is 3.63. The molecule has 0 amide bonds. The lowest BCUT2D eigenvalue weighted by Crippen LogP contribution is -2.30. The van der Waals surface area contributed by atoms with E-state index in [-0.39, 0.29) is 0 Å². The van der Waals surface area contributed by atoms with Crippen LogP contribution in [0, 0.1) is 5.92 Å². The van der Waals surface area contributed by atoms with E-state index in [1.165, 1.54) is 72.4 Å². The molecule has 0 radical (unpaired) electrons. The summed E-state index contributed by atoms with van der Waals surface area (Å²) in [6, 6.07) is 21.7. The van der Waals surface area contributed by atoms with E-state index in [1.807, 2.05) is 0 Å². The van der Waals surface area contributed by atoms with E-state index in [9.17, 15) is 0 Å². The van der Waals surface area contributed by atoms with E-state index in [0.29, 0.717) is 0 Å². The summed E-state index contributed by atoms with van der Waals surface area (Å²) < 4.78 is 2.42. The number of benzene rings is 3. The number of rotatable bonds is 6. The van der Waals surface area contributed by atoms with Crippen LogP contribution >= 0.6 is 0 Å². The molecule has 3 aromatic carbocycles. The number of hydrogen-bond acceptors (Lipinski definition) is 2. The van der Waals surface area contributed by atoms with Gasteiger partial charge in [0, 0.05) is 29.2 Å². The van der Waals surface area contributed by atoms with Crippen LogP contribution in [0.5, 0.6) is 0 Å². The maximum Gasteiger partial charge on any atom is 0.139 e. The largest absolute Gasteiger partial charge is 0.347 e. The molecular weight excluding hydrogens is 404 g/mol. The molecule has 0 spiro atoms. The molecule has 1 aliphatic rings. The van der Waals surface area contributed by atoms with E-state index in [0.717, 1.165) is 29.3 Å². The minimum Gasteiger partial charge on any atom is -0.347 e. The fraction of sp³-hybridized carbons (Fsp3) is 0.345. The Morgan fingerprint density at radius 1 is 0.939 bits per heavy atom. The molecule has 4 nitrogen and oxygen atoms in total. The van der Waals surface area contributed by atoms with Crippen LogP contribution in [0.25, 0.3) is 44.1 Å². The van der Waals surface area contributed by atoms with Crippen molar-refractivity contribution in [3.8, 4) is 11.4 Å². The van der Waals surface area contributed by atoms with Gasteiger partial charge >= 0.3 is 0 Å². The van der Waals surface area contributed by atoms with Crippen molar-refractivity contribution < 1.29 is 0 Å². The molecule has 0 saturated carbocycles. The second-order valence-electron chi connectivity index (χ2n) is 9.79. The predicted octanol–water partition coefficient (Wildman–Crippen LogP) is 6.85. The van der Waals surface area contributed by atoms with Crippen LogP contribution in [-0.4, -0.2) is 39.6 Å². The summed E-state index contributed by atoms with van der Waals surface area (Å²) in [5.74, 6) is 1.88. The molecule has 1 aliphatic heterocycles. The van der Waals surface area contributed by atoms with Crippen LogP contribution in [0.2, 0.25) is 0 Å². The molecule has 33 heavy (non-hydrogen) atoms. The van der Waals surface area contributed by atoms with Crippen molar-refractivity contribution in [2.24, 2.45) is 5.92 Å². The highest BCUT2D eigenvalue weighted by molar-refractivity contribution is 5.99. The summed E-state index contributed by atoms with van der Waals surface area (Å²) in [5.41, 5.74) is 4.60. The molecular formula is C29H32N4. The van der Waals surface area contributed by atoms with Crippen molar-refractivity contribution in [3.63, 3.8) is 0 Å². The number of nitrogens with one attached hydrogen (secondary N) is 1. The molecule has 6 rings (SSSR count). The topological polar surface area (TPSA) is 36.9 Å². The van der Waals surface area contributed by atoms with Crippen LogP contribution in [0.4, 0.5) is 0 Å². The molecule has 0 bridgehead atoms. The first-order valence-electron chi connectivity index (χ1n) is 12.4. The lowest BCUT2D eigenvalue weighted by atomic mass is 9.92. The van der Waals surface area contributed by atoms with Crippen LogP contribution in [-0.2, 0) is 6.54 Å². The standard InChI is InChI=1S/C29H32N4/c1-32-16-12-21(13-17-32)7-4-5-15-33-18-14-24-25(10-6-11-28(24)33)29-30-26-19-22-8-2-3-9-23(22)20-27(26)31-29/h2-3,6,8-11,14,18-21H,4-5,7,12-13,15-17H2,1H3,(H,30,31). The number of aryl methyl sites for hydroxylation is 1. The number of H-pyrrole nitrogens is 1. The Morgan fingerprint density at radius 3 is 2.61 bits per heavy atom. The lowest BCUT2D eigenvalue weighted by molar-refractivity contribution is 0.209. The fourth-order valence-corrected chi connectivity index (χ4v) is 5.52. The van der Waals surface area contributed by atoms with Crippen molar-refractivity contribution >= 4 is 32.7 Å². The number of likely N-dealkylation sites (tertiary alicyclic amines) is 1. The Bertz CT molecular complexity index is 1350. The summed E-state index contributed by atoms with van der Waals surface area (Å²) in [5, 5.41) is 3.74. The summed E-state index contributed by atoms with van der Waals surface area (Å²) in [4.78, 5) is 11.0. The van der Waals surface area contributed by atoms with Gasteiger partial charge in [-0.05, 0) is 80.4 Å². The van der Waals surface area contributed by atoms with Gasteiger partial charge in [-0.15, -0.1) is 0 Å². The smallest absolute Gasteiger partial charge is 0.139 e. The summed E-state index contributed by atoms with van der Waals surface area (Å²) in [6.07, 6.45) is 8.95. The number of nitrogens with zero attached hydrogens (tertiary/aromatic N) is 3. The zero-order valence-corrected chi connectivity index (χ0v) is 19.4. The van der Waals surface area contributed by atoms with Crippen LogP contribution in [0.15, 0.2) is 66.9 Å². The molecule has 0 unspecified atom stereocenters. The molecule has 2 aromatic heterocycles. The van der Waals surface area contributed by atoms with Gasteiger partial charge in [0.05, 0.1) is 11.0 Å². The number of piperidine rings is 1. The van der Waals surface area contributed by atoms with E-state index in [2.05, 4.69) is 88.4 Å². The normalized spacial score (nSPS) is 15.8. The highest BCUT2D eigenvalue weighted by Crippen LogP contribution is 2.31. The van der Waals surface area contributed by atoms with E-state index >= 15 is 0 Å². The quantitative estimate of drug-likeness (QED) is 0.296. The summed E-state index contributed by atoms with van der Waals surface area (Å²) >= 11 is 0. The summed E-state index contributed by atoms with van der Waals surface area (Å²) in [7, 11) is 2.25. The Hall–Kier alpha value is -3.11. The van der Waals surface area contributed by atoms with Gasteiger partial charge in [-0.3, -0.25) is 0 Å². The van der Waals surface area contributed by atoms with Gasteiger partial charge in [-0.1, -0.05) is 49.2 Å². The van der Waals surface area contributed by atoms with Crippen molar-refractivity contribution in [2.75, 3.05) is 20.1 Å². The molecule has 1 N–H and O–H groups in total. The van der Waals surface area contributed by atoms with E-state index in [1.54, 1.807) is 0 Å². The monoisotopic (exact) mass is 436 g/mol. The average Bonchev–Trinajstić information content (AvgIpc) is 3.45. The molecule has 1 fully saturated rings. The number of fused-ring (bicyclic) bond motifs is 3. The second kappa shape index (κ2) is 8.68. The Morgan fingerprint density at radius 2 is 1.76 bits per heavy atom. The fourth-order valence-electron chi connectivity index (χ4n) is 5.52.